The Bertz CT molecular complexity index is 688. The van der Waals surface area contributed by atoms with Crippen LogP contribution in [0.15, 0.2) is 18.3 Å². The van der Waals surface area contributed by atoms with Crippen molar-refractivity contribution in [2.75, 3.05) is 19.8 Å². The molecule has 0 radical (unpaired) electrons. The highest BCUT2D eigenvalue weighted by Gasteiger charge is 2.18. The van der Waals surface area contributed by atoms with Crippen molar-refractivity contribution in [2.45, 2.75) is 34.2 Å². The number of hydrogen-bond donors (Lipinski definition) is 1. The fourth-order valence-electron chi connectivity index (χ4n) is 2.28. The Kier molecular flexibility index (Phi) is 7.06. The van der Waals surface area contributed by atoms with Crippen molar-refractivity contribution in [3.63, 3.8) is 0 Å². The molecule has 0 saturated heterocycles. The molecule has 1 aromatic heterocycles. The lowest BCUT2D eigenvalue weighted by atomic mass is 10.1. The van der Waals surface area contributed by atoms with E-state index in [0.717, 1.165) is 9.88 Å². The second-order valence-corrected chi connectivity index (χ2v) is 6.45. The van der Waals surface area contributed by atoms with Crippen LogP contribution in [0.2, 0.25) is 0 Å². The molecule has 7 heteroatoms. The van der Waals surface area contributed by atoms with Gasteiger partial charge in [-0.1, -0.05) is 0 Å². The lowest BCUT2D eigenvalue weighted by Crippen LogP contribution is -2.22. The highest BCUT2D eigenvalue weighted by molar-refractivity contribution is 7.11. The second-order valence-electron chi connectivity index (χ2n) is 5.13. The molecular formula is C18H24N2O4S. The molecule has 1 amide bonds. The van der Waals surface area contributed by atoms with E-state index >= 15 is 0 Å². The Balaban J connectivity index is 2.24. The number of nitrogens with one attached hydrogen (secondary N) is 1. The van der Waals surface area contributed by atoms with E-state index in [1.165, 1.54) is 0 Å². The van der Waals surface area contributed by atoms with Crippen molar-refractivity contribution < 1.29 is 19.0 Å². The SMILES string of the molecule is CCOc1cc(C(=O)NCc2cnc(C)s2)cc(OCC)c1OCC. The minimum absolute atomic E-state index is 0.198. The van der Waals surface area contributed by atoms with E-state index in [4.69, 9.17) is 14.2 Å². The van der Waals surface area contributed by atoms with Crippen LogP contribution in [0.1, 0.15) is 41.0 Å². The number of aryl methyl sites for hydroxylation is 1. The Morgan fingerprint density at radius 1 is 1.08 bits per heavy atom. The maximum atomic E-state index is 12.5. The molecule has 0 unspecified atom stereocenters. The molecule has 0 saturated carbocycles. The first-order valence-electron chi connectivity index (χ1n) is 8.34. The summed E-state index contributed by atoms with van der Waals surface area (Å²) >= 11 is 1.56. The molecule has 1 heterocycles. The summed E-state index contributed by atoms with van der Waals surface area (Å²) < 4.78 is 16.9. The average molecular weight is 364 g/mol. The fourth-order valence-corrected chi connectivity index (χ4v) is 3.01. The van der Waals surface area contributed by atoms with Crippen molar-refractivity contribution in [3.05, 3.63) is 33.8 Å². The molecule has 25 heavy (non-hydrogen) atoms. The van der Waals surface area contributed by atoms with Gasteiger partial charge in [0.15, 0.2) is 11.5 Å². The molecule has 1 aromatic carbocycles. The molecule has 136 valence electrons. The Morgan fingerprint density at radius 3 is 2.16 bits per heavy atom. The van der Waals surface area contributed by atoms with Gasteiger partial charge in [0.2, 0.25) is 5.75 Å². The molecule has 0 aliphatic carbocycles. The topological polar surface area (TPSA) is 69.7 Å². The minimum Gasteiger partial charge on any atom is -0.490 e. The number of hydrogen-bond acceptors (Lipinski definition) is 6. The molecule has 0 spiro atoms. The Hall–Kier alpha value is -2.28. The zero-order chi connectivity index (χ0) is 18.2. The highest BCUT2D eigenvalue weighted by atomic mass is 32.1. The van der Waals surface area contributed by atoms with Crippen LogP contribution in [0.3, 0.4) is 0 Å². The van der Waals surface area contributed by atoms with E-state index in [1.54, 1.807) is 29.7 Å². The second kappa shape index (κ2) is 9.27. The van der Waals surface area contributed by atoms with E-state index in [1.807, 2.05) is 27.7 Å². The third-order valence-electron chi connectivity index (χ3n) is 3.26. The van der Waals surface area contributed by atoms with Crippen LogP contribution in [0.25, 0.3) is 0 Å². The van der Waals surface area contributed by atoms with Gasteiger partial charge < -0.3 is 19.5 Å². The summed E-state index contributed by atoms with van der Waals surface area (Å²) in [7, 11) is 0. The minimum atomic E-state index is -0.198. The molecule has 0 fully saturated rings. The molecule has 0 aliphatic heterocycles. The van der Waals surface area contributed by atoms with Gasteiger partial charge in [-0.3, -0.25) is 4.79 Å². The van der Waals surface area contributed by atoms with E-state index < -0.39 is 0 Å². The van der Waals surface area contributed by atoms with Crippen LogP contribution < -0.4 is 19.5 Å². The van der Waals surface area contributed by atoms with Gasteiger partial charge in [-0.2, -0.15) is 0 Å². The molecule has 2 rings (SSSR count). The van der Waals surface area contributed by atoms with Gasteiger partial charge in [0, 0.05) is 16.6 Å². The molecule has 6 nitrogen and oxygen atoms in total. The highest BCUT2D eigenvalue weighted by Crippen LogP contribution is 2.39. The van der Waals surface area contributed by atoms with Gasteiger partial charge in [0.1, 0.15) is 0 Å². The van der Waals surface area contributed by atoms with Crippen molar-refractivity contribution in [1.29, 1.82) is 0 Å². The van der Waals surface area contributed by atoms with Crippen LogP contribution in [0.4, 0.5) is 0 Å². The third-order valence-corrected chi connectivity index (χ3v) is 4.18. The van der Waals surface area contributed by atoms with Crippen molar-refractivity contribution in [1.82, 2.24) is 10.3 Å². The first-order chi connectivity index (χ1) is 12.1. The number of thiazole rings is 1. The number of nitrogens with zero attached hydrogens (tertiary/aromatic N) is 1. The number of ether oxygens (including phenoxy) is 3. The summed E-state index contributed by atoms with van der Waals surface area (Å²) in [5.74, 6) is 1.35. The van der Waals surface area contributed by atoms with Gasteiger partial charge in [-0.05, 0) is 39.8 Å². The summed E-state index contributed by atoms with van der Waals surface area (Å²) in [5, 5.41) is 3.87. The third kappa shape index (κ3) is 5.09. The predicted octanol–water partition coefficient (Wildman–Crippen LogP) is 3.58. The van der Waals surface area contributed by atoms with Gasteiger partial charge >= 0.3 is 0 Å². The largest absolute Gasteiger partial charge is 0.490 e. The smallest absolute Gasteiger partial charge is 0.251 e. The predicted molar refractivity (Wildman–Crippen MR) is 98.0 cm³/mol. The van der Waals surface area contributed by atoms with Crippen LogP contribution in [-0.2, 0) is 6.54 Å². The number of carbonyl (C=O) groups is 1. The van der Waals surface area contributed by atoms with Crippen molar-refractivity contribution >= 4 is 17.2 Å². The summed E-state index contributed by atoms with van der Waals surface area (Å²) in [6.45, 7) is 9.45. The first kappa shape index (κ1) is 19.1. The molecule has 0 bridgehead atoms. The summed E-state index contributed by atoms with van der Waals surface area (Å²) in [6, 6.07) is 3.37. The molecule has 1 N–H and O–H groups in total. The average Bonchev–Trinajstić information content (AvgIpc) is 3.01. The van der Waals surface area contributed by atoms with E-state index in [2.05, 4.69) is 10.3 Å². The monoisotopic (exact) mass is 364 g/mol. The number of rotatable bonds is 9. The van der Waals surface area contributed by atoms with Crippen LogP contribution in [0, 0.1) is 6.92 Å². The number of amides is 1. The molecule has 0 aliphatic rings. The van der Waals surface area contributed by atoms with Gasteiger partial charge in [0.05, 0.1) is 31.4 Å². The summed E-state index contributed by atoms with van der Waals surface area (Å²) in [5.41, 5.74) is 0.469. The van der Waals surface area contributed by atoms with Crippen LogP contribution >= 0.6 is 11.3 Å². The van der Waals surface area contributed by atoms with Crippen LogP contribution in [-0.4, -0.2) is 30.7 Å². The molecular weight excluding hydrogens is 340 g/mol. The van der Waals surface area contributed by atoms with E-state index in [-0.39, 0.29) is 5.91 Å². The quantitative estimate of drug-likeness (QED) is 0.736. The number of carbonyl (C=O) groups excluding carboxylic acids is 1. The van der Waals surface area contributed by atoms with Gasteiger partial charge in [-0.25, -0.2) is 4.98 Å². The molecule has 2 aromatic rings. The van der Waals surface area contributed by atoms with Crippen molar-refractivity contribution in [2.24, 2.45) is 0 Å². The normalized spacial score (nSPS) is 10.4. The standard InChI is InChI=1S/C18H24N2O4S/c1-5-22-15-8-13(9-16(23-6-2)17(15)24-7-3)18(21)20-11-14-10-19-12(4)25-14/h8-10H,5-7,11H2,1-4H3,(H,20,21). The van der Waals surface area contributed by atoms with Gasteiger partial charge in [0.25, 0.3) is 5.91 Å². The zero-order valence-corrected chi connectivity index (χ0v) is 15.9. The lowest BCUT2D eigenvalue weighted by molar-refractivity contribution is 0.0950. The molecule has 0 atom stereocenters. The van der Waals surface area contributed by atoms with E-state index in [9.17, 15) is 4.79 Å². The maximum absolute atomic E-state index is 12.5. The fraction of sp³-hybridized carbons (Fsp3) is 0.444. The maximum Gasteiger partial charge on any atom is 0.251 e. The Morgan fingerprint density at radius 2 is 1.68 bits per heavy atom. The summed E-state index contributed by atoms with van der Waals surface area (Å²) in [6.07, 6.45) is 1.77. The Labute approximate surface area is 152 Å². The zero-order valence-electron chi connectivity index (χ0n) is 15.0. The lowest BCUT2D eigenvalue weighted by Gasteiger charge is -2.17. The summed E-state index contributed by atoms with van der Waals surface area (Å²) in [4.78, 5) is 17.7. The number of aromatic nitrogens is 1. The van der Waals surface area contributed by atoms with Crippen molar-refractivity contribution in [3.8, 4) is 17.2 Å². The van der Waals surface area contributed by atoms with Crippen LogP contribution in [0.5, 0.6) is 17.2 Å². The first-order valence-corrected chi connectivity index (χ1v) is 9.16. The van der Waals surface area contributed by atoms with Gasteiger partial charge in [-0.15, -0.1) is 11.3 Å². The number of benzene rings is 1. The van der Waals surface area contributed by atoms with E-state index in [0.29, 0.717) is 49.2 Å².